The minimum atomic E-state index is 0.303. The molecule has 1 rings (SSSR count). The van der Waals surface area contributed by atoms with Crippen LogP contribution in [0.5, 0.6) is 0 Å². The molecule has 0 unspecified atom stereocenters. The van der Waals surface area contributed by atoms with Gasteiger partial charge in [-0.05, 0) is 32.9 Å². The van der Waals surface area contributed by atoms with Crippen molar-refractivity contribution < 1.29 is 0 Å². The second-order valence-electron chi connectivity index (χ2n) is 4.52. The normalized spacial score (nSPS) is 37.2. The molecule has 0 aromatic rings. The predicted molar refractivity (Wildman–Crippen MR) is 53.1 cm³/mol. The van der Waals surface area contributed by atoms with Crippen molar-refractivity contribution in [3.63, 3.8) is 0 Å². The topological polar surface area (TPSA) is 29.3 Å². The number of likely N-dealkylation sites (N-methyl/N-ethyl adjacent to an activating group) is 1. The van der Waals surface area contributed by atoms with Gasteiger partial charge in [-0.1, -0.05) is 19.8 Å². The fourth-order valence-electron chi connectivity index (χ4n) is 2.41. The molecule has 0 amide bonds. The van der Waals surface area contributed by atoms with Crippen molar-refractivity contribution in [1.82, 2.24) is 4.90 Å². The Balaban J connectivity index is 2.64. The lowest BCUT2D eigenvalue weighted by molar-refractivity contribution is 0.0841. The minimum absolute atomic E-state index is 0.303. The summed E-state index contributed by atoms with van der Waals surface area (Å²) < 4.78 is 0. The minimum Gasteiger partial charge on any atom is -0.329 e. The summed E-state index contributed by atoms with van der Waals surface area (Å²) in [4.78, 5) is 2.32. The zero-order chi connectivity index (χ0) is 9.19. The first-order valence-electron chi connectivity index (χ1n) is 4.98. The summed E-state index contributed by atoms with van der Waals surface area (Å²) in [5, 5.41) is 0. The summed E-state index contributed by atoms with van der Waals surface area (Å²) in [6.07, 6.45) is 5.28. The highest BCUT2D eigenvalue weighted by Gasteiger charge is 2.35. The van der Waals surface area contributed by atoms with E-state index < -0.39 is 0 Å². The lowest BCUT2D eigenvalue weighted by atomic mass is 9.75. The third-order valence-electron chi connectivity index (χ3n) is 3.40. The summed E-state index contributed by atoms with van der Waals surface area (Å²) in [6.45, 7) is 3.15. The summed E-state index contributed by atoms with van der Waals surface area (Å²) in [6, 6.07) is 0. The second kappa shape index (κ2) is 3.75. The van der Waals surface area contributed by atoms with Crippen molar-refractivity contribution >= 4 is 0 Å². The maximum atomic E-state index is 5.86. The molecule has 0 aromatic carbocycles. The van der Waals surface area contributed by atoms with E-state index in [1.165, 1.54) is 25.7 Å². The molecular weight excluding hydrogens is 148 g/mol. The molecule has 0 heterocycles. The standard InChI is InChI=1S/C10H22N2/c1-9-5-4-6-10(7-9,8-11)12(2)3/h9H,4-8,11H2,1-3H3/t9-,10+/m1/s1. The highest BCUT2D eigenvalue weighted by molar-refractivity contribution is 4.93. The van der Waals surface area contributed by atoms with E-state index in [4.69, 9.17) is 5.73 Å². The van der Waals surface area contributed by atoms with Gasteiger partial charge in [0, 0.05) is 12.1 Å². The molecule has 0 aliphatic heterocycles. The van der Waals surface area contributed by atoms with Crippen molar-refractivity contribution in [3.8, 4) is 0 Å². The Labute approximate surface area is 76.1 Å². The van der Waals surface area contributed by atoms with Crippen LogP contribution in [0.4, 0.5) is 0 Å². The Kier molecular flexibility index (Phi) is 3.13. The lowest BCUT2D eigenvalue weighted by Gasteiger charge is -2.44. The largest absolute Gasteiger partial charge is 0.329 e. The number of hydrogen-bond acceptors (Lipinski definition) is 2. The average molecular weight is 170 g/mol. The van der Waals surface area contributed by atoms with E-state index in [0.29, 0.717) is 5.54 Å². The van der Waals surface area contributed by atoms with E-state index in [1.807, 2.05) is 0 Å². The van der Waals surface area contributed by atoms with Crippen LogP contribution < -0.4 is 5.73 Å². The summed E-state index contributed by atoms with van der Waals surface area (Å²) >= 11 is 0. The molecule has 2 nitrogen and oxygen atoms in total. The Bertz CT molecular complexity index is 145. The first kappa shape index (κ1) is 10.0. The van der Waals surface area contributed by atoms with Crippen LogP contribution >= 0.6 is 0 Å². The van der Waals surface area contributed by atoms with E-state index in [-0.39, 0.29) is 0 Å². The highest BCUT2D eigenvalue weighted by Crippen LogP contribution is 2.34. The lowest BCUT2D eigenvalue weighted by Crippen LogP contribution is -2.52. The predicted octanol–water partition coefficient (Wildman–Crippen LogP) is 1.46. The Morgan fingerprint density at radius 1 is 1.50 bits per heavy atom. The zero-order valence-corrected chi connectivity index (χ0v) is 8.64. The first-order chi connectivity index (χ1) is 5.60. The number of rotatable bonds is 2. The molecule has 0 spiro atoms. The Morgan fingerprint density at radius 2 is 2.17 bits per heavy atom. The van der Waals surface area contributed by atoms with Crippen LogP contribution in [-0.4, -0.2) is 31.1 Å². The van der Waals surface area contributed by atoms with Crippen molar-refractivity contribution in [1.29, 1.82) is 0 Å². The van der Waals surface area contributed by atoms with Gasteiger partial charge in [-0.3, -0.25) is 0 Å². The zero-order valence-electron chi connectivity index (χ0n) is 8.64. The van der Waals surface area contributed by atoms with Crippen molar-refractivity contribution in [3.05, 3.63) is 0 Å². The second-order valence-corrected chi connectivity index (χ2v) is 4.52. The third-order valence-corrected chi connectivity index (χ3v) is 3.40. The van der Waals surface area contributed by atoms with E-state index >= 15 is 0 Å². The van der Waals surface area contributed by atoms with Gasteiger partial charge < -0.3 is 10.6 Å². The van der Waals surface area contributed by atoms with Crippen molar-refractivity contribution in [2.24, 2.45) is 11.7 Å². The number of hydrogen-bond donors (Lipinski definition) is 1. The fraction of sp³-hybridized carbons (Fsp3) is 1.00. The molecule has 0 saturated heterocycles. The van der Waals surface area contributed by atoms with Crippen LogP contribution in [0.1, 0.15) is 32.6 Å². The molecule has 1 fully saturated rings. The van der Waals surface area contributed by atoms with Crippen LogP contribution in [0.25, 0.3) is 0 Å². The van der Waals surface area contributed by atoms with Gasteiger partial charge in [0.1, 0.15) is 0 Å². The van der Waals surface area contributed by atoms with Gasteiger partial charge in [-0.25, -0.2) is 0 Å². The van der Waals surface area contributed by atoms with Gasteiger partial charge in [-0.15, -0.1) is 0 Å². The van der Waals surface area contributed by atoms with Crippen LogP contribution in [0.2, 0.25) is 0 Å². The van der Waals surface area contributed by atoms with Gasteiger partial charge >= 0.3 is 0 Å². The molecule has 12 heavy (non-hydrogen) atoms. The summed E-state index contributed by atoms with van der Waals surface area (Å²) in [5.74, 6) is 0.852. The Hall–Kier alpha value is -0.0800. The fourth-order valence-corrected chi connectivity index (χ4v) is 2.41. The van der Waals surface area contributed by atoms with E-state index in [9.17, 15) is 0 Å². The van der Waals surface area contributed by atoms with Gasteiger partial charge in [0.05, 0.1) is 0 Å². The van der Waals surface area contributed by atoms with E-state index in [1.54, 1.807) is 0 Å². The molecule has 0 aromatic heterocycles. The highest BCUT2D eigenvalue weighted by atomic mass is 15.2. The summed E-state index contributed by atoms with van der Waals surface area (Å²) in [7, 11) is 4.32. The molecular formula is C10H22N2. The van der Waals surface area contributed by atoms with E-state index in [0.717, 1.165) is 12.5 Å². The SMILES string of the molecule is C[C@@H]1CCC[C@](CN)(N(C)C)C1. The molecule has 0 radical (unpaired) electrons. The van der Waals surface area contributed by atoms with Crippen LogP contribution in [-0.2, 0) is 0 Å². The first-order valence-corrected chi connectivity index (χ1v) is 4.98. The molecule has 72 valence electrons. The quantitative estimate of drug-likeness (QED) is 0.680. The van der Waals surface area contributed by atoms with Gasteiger partial charge in [0.2, 0.25) is 0 Å². The molecule has 2 heteroatoms. The number of nitrogens with two attached hydrogens (primary N) is 1. The van der Waals surface area contributed by atoms with Crippen LogP contribution in [0, 0.1) is 5.92 Å². The third kappa shape index (κ3) is 1.80. The van der Waals surface area contributed by atoms with Crippen molar-refractivity contribution in [2.45, 2.75) is 38.1 Å². The molecule has 0 bridgehead atoms. The molecule has 1 aliphatic carbocycles. The van der Waals surface area contributed by atoms with E-state index in [2.05, 4.69) is 25.9 Å². The molecule has 1 saturated carbocycles. The summed E-state index contributed by atoms with van der Waals surface area (Å²) in [5.41, 5.74) is 6.16. The monoisotopic (exact) mass is 170 g/mol. The number of nitrogens with zero attached hydrogens (tertiary/aromatic N) is 1. The van der Waals surface area contributed by atoms with Crippen LogP contribution in [0.3, 0.4) is 0 Å². The molecule has 1 aliphatic rings. The van der Waals surface area contributed by atoms with Gasteiger partial charge in [0.25, 0.3) is 0 Å². The van der Waals surface area contributed by atoms with Gasteiger partial charge in [0.15, 0.2) is 0 Å². The van der Waals surface area contributed by atoms with Crippen molar-refractivity contribution in [2.75, 3.05) is 20.6 Å². The average Bonchev–Trinajstić information content (AvgIpc) is 2.04. The molecule has 2 N–H and O–H groups in total. The molecule has 2 atom stereocenters. The Morgan fingerprint density at radius 3 is 2.50 bits per heavy atom. The smallest absolute Gasteiger partial charge is 0.0328 e. The maximum Gasteiger partial charge on any atom is 0.0328 e. The van der Waals surface area contributed by atoms with Gasteiger partial charge in [-0.2, -0.15) is 0 Å². The maximum absolute atomic E-state index is 5.86. The van der Waals surface area contributed by atoms with Crippen LogP contribution in [0.15, 0.2) is 0 Å².